The van der Waals surface area contributed by atoms with Crippen LogP contribution in [0, 0.1) is 0 Å². The molecule has 3 rings (SSSR count). The van der Waals surface area contributed by atoms with Crippen LogP contribution >= 0.6 is 11.3 Å². The van der Waals surface area contributed by atoms with E-state index in [4.69, 9.17) is 0 Å². The number of para-hydroxylation sites is 1. The molecule has 6 nitrogen and oxygen atoms in total. The van der Waals surface area contributed by atoms with Crippen LogP contribution < -0.4 is 10.6 Å². The van der Waals surface area contributed by atoms with Crippen molar-refractivity contribution in [2.45, 2.75) is 6.42 Å². The van der Waals surface area contributed by atoms with Crippen LogP contribution in [0.25, 0.3) is 4.96 Å². The van der Waals surface area contributed by atoms with E-state index in [2.05, 4.69) is 20.7 Å². The van der Waals surface area contributed by atoms with E-state index in [1.807, 2.05) is 35.7 Å². The lowest BCUT2D eigenvalue weighted by Crippen LogP contribution is -2.30. The highest BCUT2D eigenvalue weighted by Gasteiger charge is 2.06. The number of aromatic nitrogens is 3. The third kappa shape index (κ3) is 2.77. The monoisotopic (exact) mass is 287 g/mol. The van der Waals surface area contributed by atoms with Gasteiger partial charge in [-0.2, -0.15) is 5.10 Å². The number of nitrogens with zero attached hydrogens (tertiary/aromatic N) is 3. The van der Waals surface area contributed by atoms with E-state index in [9.17, 15) is 4.79 Å². The van der Waals surface area contributed by atoms with Gasteiger partial charge in [0.2, 0.25) is 4.96 Å². The number of anilines is 1. The largest absolute Gasteiger partial charge is 0.337 e. The lowest BCUT2D eigenvalue weighted by molar-refractivity contribution is 0.252. The van der Waals surface area contributed by atoms with Crippen LogP contribution in [-0.4, -0.2) is 27.2 Å². The van der Waals surface area contributed by atoms with Crippen molar-refractivity contribution in [1.82, 2.24) is 19.9 Å². The molecule has 2 heterocycles. The molecule has 0 unspecified atom stereocenters. The number of amides is 2. The van der Waals surface area contributed by atoms with Gasteiger partial charge in [-0.3, -0.25) is 0 Å². The summed E-state index contributed by atoms with van der Waals surface area (Å²) >= 11 is 1.54. The van der Waals surface area contributed by atoms with E-state index in [-0.39, 0.29) is 6.03 Å². The van der Waals surface area contributed by atoms with Gasteiger partial charge < -0.3 is 10.6 Å². The zero-order valence-corrected chi connectivity index (χ0v) is 11.4. The summed E-state index contributed by atoms with van der Waals surface area (Å²) in [4.78, 5) is 16.7. The molecule has 2 N–H and O–H groups in total. The van der Waals surface area contributed by atoms with E-state index < -0.39 is 0 Å². The normalized spacial score (nSPS) is 10.6. The maximum absolute atomic E-state index is 11.7. The topological polar surface area (TPSA) is 71.3 Å². The minimum Gasteiger partial charge on any atom is -0.337 e. The highest BCUT2D eigenvalue weighted by atomic mass is 32.1. The summed E-state index contributed by atoms with van der Waals surface area (Å²) in [5.41, 5.74) is 1.82. The highest BCUT2D eigenvalue weighted by Crippen LogP contribution is 2.12. The van der Waals surface area contributed by atoms with Crippen molar-refractivity contribution in [3.8, 4) is 0 Å². The molecular formula is C13H13N5OS. The lowest BCUT2D eigenvalue weighted by Gasteiger charge is -2.06. The third-order valence-electron chi connectivity index (χ3n) is 2.79. The molecule has 0 aliphatic heterocycles. The number of urea groups is 1. The zero-order valence-electron chi connectivity index (χ0n) is 10.6. The molecule has 0 saturated heterocycles. The molecule has 0 aliphatic rings. The summed E-state index contributed by atoms with van der Waals surface area (Å²) in [5.74, 6) is 0. The van der Waals surface area contributed by atoms with Gasteiger partial charge >= 0.3 is 6.03 Å². The third-order valence-corrected chi connectivity index (χ3v) is 3.67. The maximum atomic E-state index is 11.7. The van der Waals surface area contributed by atoms with Gasteiger partial charge in [-0.15, -0.1) is 11.3 Å². The predicted octanol–water partition coefficient (Wildman–Crippen LogP) is 2.16. The highest BCUT2D eigenvalue weighted by molar-refractivity contribution is 7.15. The summed E-state index contributed by atoms with van der Waals surface area (Å²) in [6.45, 7) is 0.546. The molecule has 1 aromatic carbocycles. The average molecular weight is 287 g/mol. The number of rotatable bonds is 4. The Kier molecular flexibility index (Phi) is 3.60. The minimum atomic E-state index is -0.207. The molecule has 0 aliphatic carbocycles. The number of nitrogens with one attached hydrogen (secondary N) is 2. The van der Waals surface area contributed by atoms with Gasteiger partial charge in [0.05, 0.1) is 5.69 Å². The molecule has 0 atom stereocenters. The van der Waals surface area contributed by atoms with Crippen molar-refractivity contribution in [1.29, 1.82) is 0 Å². The summed E-state index contributed by atoms with van der Waals surface area (Å²) in [6.07, 6.45) is 2.25. The quantitative estimate of drug-likeness (QED) is 0.772. The number of carbonyl (C=O) groups is 1. The van der Waals surface area contributed by atoms with Crippen LogP contribution in [0.15, 0.2) is 42.0 Å². The average Bonchev–Trinajstić information content (AvgIpc) is 3.04. The van der Waals surface area contributed by atoms with E-state index in [1.54, 1.807) is 15.9 Å². The first-order chi connectivity index (χ1) is 9.83. The first kappa shape index (κ1) is 12.6. The molecule has 0 saturated carbocycles. The number of fused-ring (bicyclic) bond motifs is 1. The van der Waals surface area contributed by atoms with Crippen LogP contribution in [0.3, 0.4) is 0 Å². The van der Waals surface area contributed by atoms with Crippen molar-refractivity contribution >= 4 is 28.0 Å². The number of hydrogen-bond acceptors (Lipinski definition) is 4. The molecular weight excluding hydrogens is 274 g/mol. The van der Waals surface area contributed by atoms with Crippen LogP contribution in [0.1, 0.15) is 5.69 Å². The van der Waals surface area contributed by atoms with Gasteiger partial charge in [-0.05, 0) is 12.1 Å². The fraction of sp³-hybridized carbons (Fsp3) is 0.154. The number of hydrogen-bond donors (Lipinski definition) is 2. The minimum absolute atomic E-state index is 0.207. The lowest BCUT2D eigenvalue weighted by atomic mass is 10.3. The predicted molar refractivity (Wildman–Crippen MR) is 78.0 cm³/mol. The SMILES string of the molecule is O=C(NCCc1csc2ncnn12)Nc1ccccc1. The van der Waals surface area contributed by atoms with Gasteiger partial charge in [-0.1, -0.05) is 18.2 Å². The van der Waals surface area contributed by atoms with Gasteiger partial charge in [0.15, 0.2) is 0 Å². The molecule has 0 bridgehead atoms. The van der Waals surface area contributed by atoms with Crippen LogP contribution in [0.2, 0.25) is 0 Å². The van der Waals surface area contributed by atoms with Crippen molar-refractivity contribution in [2.24, 2.45) is 0 Å². The second-order valence-corrected chi connectivity index (χ2v) is 5.01. The molecule has 2 aromatic heterocycles. The Labute approximate surface area is 119 Å². The maximum Gasteiger partial charge on any atom is 0.319 e. The van der Waals surface area contributed by atoms with E-state index >= 15 is 0 Å². The Bertz CT molecular complexity index is 706. The van der Waals surface area contributed by atoms with Crippen LogP contribution in [0.4, 0.5) is 10.5 Å². The zero-order chi connectivity index (χ0) is 13.8. The second kappa shape index (κ2) is 5.70. The molecule has 20 heavy (non-hydrogen) atoms. The standard InChI is InChI=1S/C13H13N5OS/c19-12(17-10-4-2-1-3-5-10)14-7-6-11-8-20-13-15-9-16-18(11)13/h1-5,8-9H,6-7H2,(H2,14,17,19). The molecule has 0 spiro atoms. The smallest absolute Gasteiger partial charge is 0.319 e. The van der Waals surface area contributed by atoms with Gasteiger partial charge in [0.25, 0.3) is 0 Å². The summed E-state index contributed by atoms with van der Waals surface area (Å²) in [5, 5.41) is 11.7. The molecule has 0 fully saturated rings. The van der Waals surface area contributed by atoms with Crippen molar-refractivity contribution < 1.29 is 4.79 Å². The van der Waals surface area contributed by atoms with Crippen LogP contribution in [0.5, 0.6) is 0 Å². The van der Waals surface area contributed by atoms with Crippen molar-refractivity contribution in [2.75, 3.05) is 11.9 Å². The Morgan fingerprint density at radius 3 is 3.00 bits per heavy atom. The van der Waals surface area contributed by atoms with E-state index in [0.29, 0.717) is 13.0 Å². The van der Waals surface area contributed by atoms with Gasteiger partial charge in [0.1, 0.15) is 6.33 Å². The molecule has 2 amide bonds. The number of thiazole rings is 1. The molecule has 0 radical (unpaired) electrons. The molecule has 7 heteroatoms. The number of carbonyl (C=O) groups excluding carboxylic acids is 1. The van der Waals surface area contributed by atoms with E-state index in [1.165, 1.54) is 6.33 Å². The summed E-state index contributed by atoms with van der Waals surface area (Å²) in [7, 11) is 0. The van der Waals surface area contributed by atoms with Crippen LogP contribution in [-0.2, 0) is 6.42 Å². The van der Waals surface area contributed by atoms with Crippen molar-refractivity contribution in [3.63, 3.8) is 0 Å². The first-order valence-corrected chi connectivity index (χ1v) is 7.07. The fourth-order valence-electron chi connectivity index (χ4n) is 1.84. The second-order valence-electron chi connectivity index (χ2n) is 4.18. The molecule has 102 valence electrons. The summed E-state index contributed by atoms with van der Waals surface area (Å²) < 4.78 is 1.79. The van der Waals surface area contributed by atoms with Gasteiger partial charge in [0, 0.05) is 24.0 Å². The number of benzene rings is 1. The van der Waals surface area contributed by atoms with Gasteiger partial charge in [-0.25, -0.2) is 14.3 Å². The Hall–Kier alpha value is -2.41. The Balaban J connectivity index is 1.50. The molecule has 3 aromatic rings. The first-order valence-electron chi connectivity index (χ1n) is 6.19. The van der Waals surface area contributed by atoms with E-state index in [0.717, 1.165) is 16.3 Å². The fourth-order valence-corrected chi connectivity index (χ4v) is 2.68. The Morgan fingerprint density at radius 2 is 2.15 bits per heavy atom. The Morgan fingerprint density at radius 1 is 1.30 bits per heavy atom. The van der Waals surface area contributed by atoms with Crippen molar-refractivity contribution in [3.05, 3.63) is 47.7 Å². The summed E-state index contributed by atoms with van der Waals surface area (Å²) in [6, 6.07) is 9.14.